The van der Waals surface area contributed by atoms with E-state index in [1.807, 2.05) is 26.0 Å². The molecule has 0 spiro atoms. The number of aliphatic hydroxyl groups is 3. The number of fused-ring (bicyclic) bond motifs is 1. The summed E-state index contributed by atoms with van der Waals surface area (Å²) in [6.07, 6.45) is -3.75. The zero-order valence-electron chi connectivity index (χ0n) is 11.4. The number of hydrogen-bond acceptors (Lipinski definition) is 5. The van der Waals surface area contributed by atoms with Crippen LogP contribution in [0.15, 0.2) is 12.1 Å². The van der Waals surface area contributed by atoms with Gasteiger partial charge < -0.3 is 25.0 Å². The van der Waals surface area contributed by atoms with E-state index < -0.39 is 24.4 Å². The number of aliphatic hydroxyl groups excluding tert-OH is 3. The van der Waals surface area contributed by atoms with Crippen molar-refractivity contribution in [3.8, 4) is 0 Å². The van der Waals surface area contributed by atoms with Crippen LogP contribution in [0.25, 0.3) is 11.0 Å². The molecule has 6 nitrogen and oxygen atoms in total. The van der Waals surface area contributed by atoms with Crippen molar-refractivity contribution in [3.05, 3.63) is 29.1 Å². The fourth-order valence-corrected chi connectivity index (χ4v) is 2.55. The fraction of sp³-hybridized carbons (Fsp3) is 0.500. The average molecular weight is 278 g/mol. The van der Waals surface area contributed by atoms with Crippen LogP contribution in [0.3, 0.4) is 0 Å². The quantitative estimate of drug-likeness (QED) is 0.634. The highest BCUT2D eigenvalue weighted by molar-refractivity contribution is 5.77. The lowest BCUT2D eigenvalue weighted by atomic mass is 10.1. The summed E-state index contributed by atoms with van der Waals surface area (Å²) in [5.74, 6) is 0.465. The third-order valence-corrected chi connectivity index (χ3v) is 3.93. The number of ether oxygens (including phenoxy) is 1. The fourth-order valence-electron chi connectivity index (χ4n) is 2.55. The molecule has 4 atom stereocenters. The first-order valence-corrected chi connectivity index (χ1v) is 6.60. The molecule has 1 aliphatic heterocycles. The van der Waals surface area contributed by atoms with Crippen molar-refractivity contribution in [2.45, 2.75) is 38.3 Å². The molecule has 0 unspecified atom stereocenters. The van der Waals surface area contributed by atoms with Crippen LogP contribution in [0.1, 0.15) is 23.1 Å². The number of imidazole rings is 1. The summed E-state index contributed by atoms with van der Waals surface area (Å²) in [7, 11) is 0. The maximum Gasteiger partial charge on any atom is 0.144 e. The Labute approximate surface area is 116 Å². The second-order valence-electron chi connectivity index (χ2n) is 5.33. The molecule has 1 aromatic carbocycles. The predicted molar refractivity (Wildman–Crippen MR) is 72.3 cm³/mol. The van der Waals surface area contributed by atoms with Crippen LogP contribution in [-0.4, -0.2) is 50.2 Å². The Balaban J connectivity index is 1.99. The molecular weight excluding hydrogens is 260 g/mol. The summed E-state index contributed by atoms with van der Waals surface area (Å²) in [6, 6.07) is 3.95. The Morgan fingerprint density at radius 1 is 1.20 bits per heavy atom. The molecule has 2 heterocycles. The molecular formula is C14H18N2O4. The van der Waals surface area contributed by atoms with Crippen LogP contribution in [0.5, 0.6) is 0 Å². The van der Waals surface area contributed by atoms with E-state index in [-0.39, 0.29) is 6.61 Å². The molecule has 2 aromatic rings. The molecule has 108 valence electrons. The van der Waals surface area contributed by atoms with Crippen molar-refractivity contribution in [2.75, 3.05) is 6.61 Å². The molecule has 0 radical (unpaired) electrons. The predicted octanol–water partition coefficient (Wildman–Crippen LogP) is 0.334. The van der Waals surface area contributed by atoms with Gasteiger partial charge in [0.15, 0.2) is 0 Å². The third kappa shape index (κ3) is 2.01. The minimum Gasteiger partial charge on any atom is -0.394 e. The molecule has 0 saturated carbocycles. The van der Waals surface area contributed by atoms with Crippen molar-refractivity contribution in [1.82, 2.24) is 9.97 Å². The normalized spacial score (nSPS) is 30.2. The first-order valence-electron chi connectivity index (χ1n) is 6.60. The van der Waals surface area contributed by atoms with E-state index in [0.29, 0.717) is 5.82 Å². The van der Waals surface area contributed by atoms with Crippen LogP contribution >= 0.6 is 0 Å². The number of aromatic amines is 1. The molecule has 20 heavy (non-hydrogen) atoms. The van der Waals surface area contributed by atoms with Gasteiger partial charge in [-0.3, -0.25) is 0 Å². The van der Waals surface area contributed by atoms with Crippen LogP contribution < -0.4 is 0 Å². The smallest absolute Gasteiger partial charge is 0.144 e. The van der Waals surface area contributed by atoms with Crippen molar-refractivity contribution in [2.24, 2.45) is 0 Å². The van der Waals surface area contributed by atoms with Crippen LogP contribution in [-0.2, 0) is 4.74 Å². The summed E-state index contributed by atoms with van der Waals surface area (Å²) < 4.78 is 5.47. The molecule has 1 fully saturated rings. The van der Waals surface area contributed by atoms with Crippen molar-refractivity contribution >= 4 is 11.0 Å². The van der Waals surface area contributed by atoms with Gasteiger partial charge in [-0.05, 0) is 37.1 Å². The third-order valence-electron chi connectivity index (χ3n) is 3.93. The highest BCUT2D eigenvalue weighted by atomic mass is 16.6. The summed E-state index contributed by atoms with van der Waals surface area (Å²) in [4.78, 5) is 7.53. The van der Waals surface area contributed by atoms with E-state index in [4.69, 9.17) is 9.84 Å². The topological polar surface area (TPSA) is 98.6 Å². The number of nitrogens with zero attached hydrogens (tertiary/aromatic N) is 1. The van der Waals surface area contributed by atoms with E-state index in [2.05, 4.69) is 9.97 Å². The van der Waals surface area contributed by atoms with Crippen LogP contribution in [0.4, 0.5) is 0 Å². The zero-order valence-corrected chi connectivity index (χ0v) is 11.4. The number of hydrogen-bond donors (Lipinski definition) is 4. The molecule has 0 aliphatic carbocycles. The Morgan fingerprint density at radius 3 is 2.55 bits per heavy atom. The first-order chi connectivity index (χ1) is 9.51. The molecule has 1 saturated heterocycles. The van der Waals surface area contributed by atoms with E-state index in [9.17, 15) is 10.2 Å². The average Bonchev–Trinajstić information content (AvgIpc) is 2.93. The van der Waals surface area contributed by atoms with Crippen LogP contribution in [0.2, 0.25) is 0 Å². The van der Waals surface area contributed by atoms with Gasteiger partial charge in [0, 0.05) is 0 Å². The molecule has 1 aliphatic rings. The van der Waals surface area contributed by atoms with Gasteiger partial charge >= 0.3 is 0 Å². The van der Waals surface area contributed by atoms with Gasteiger partial charge in [0.25, 0.3) is 0 Å². The molecule has 4 N–H and O–H groups in total. The maximum atomic E-state index is 10.0. The van der Waals surface area contributed by atoms with Gasteiger partial charge in [-0.1, -0.05) is 0 Å². The maximum absolute atomic E-state index is 10.0. The highest BCUT2D eigenvalue weighted by Crippen LogP contribution is 2.33. The number of aryl methyl sites for hydroxylation is 2. The summed E-state index contributed by atoms with van der Waals surface area (Å²) in [6.45, 7) is 3.69. The molecule has 3 rings (SSSR count). The molecule has 0 amide bonds. The zero-order chi connectivity index (χ0) is 14.4. The second-order valence-corrected chi connectivity index (χ2v) is 5.33. The van der Waals surface area contributed by atoms with E-state index >= 15 is 0 Å². The minimum atomic E-state index is -1.11. The monoisotopic (exact) mass is 278 g/mol. The standard InChI is InChI=1S/C14H18N2O4/c1-6-3-8-9(4-7(6)2)16-14(15-8)13-12(19)11(18)10(5-17)20-13/h3-4,10-13,17-19H,5H2,1-2H3,(H,15,16)/t10-,11+,12-,13-/m1/s1. The van der Waals surface area contributed by atoms with E-state index in [1.54, 1.807) is 0 Å². The highest BCUT2D eigenvalue weighted by Gasteiger charge is 2.44. The number of rotatable bonds is 2. The summed E-state index contributed by atoms with van der Waals surface area (Å²) in [5.41, 5.74) is 3.94. The Kier molecular flexibility index (Phi) is 3.25. The first kappa shape index (κ1) is 13.5. The largest absolute Gasteiger partial charge is 0.394 e. The number of benzene rings is 1. The molecule has 0 bridgehead atoms. The summed E-state index contributed by atoms with van der Waals surface area (Å²) >= 11 is 0. The van der Waals surface area contributed by atoms with Gasteiger partial charge in [0.2, 0.25) is 0 Å². The SMILES string of the molecule is Cc1cc2nc([C@@H]3O[C@H](CO)[C@H](O)[C@H]3O)[nH]c2cc1C. The minimum absolute atomic E-state index is 0.340. The van der Waals surface area contributed by atoms with E-state index in [1.165, 1.54) is 0 Å². The van der Waals surface area contributed by atoms with E-state index in [0.717, 1.165) is 22.2 Å². The summed E-state index contributed by atoms with van der Waals surface area (Å²) in [5, 5.41) is 28.9. The molecule has 6 heteroatoms. The second kappa shape index (κ2) is 4.82. The van der Waals surface area contributed by atoms with Crippen molar-refractivity contribution < 1.29 is 20.1 Å². The van der Waals surface area contributed by atoms with Crippen molar-refractivity contribution in [3.63, 3.8) is 0 Å². The Bertz CT molecular complexity index is 600. The van der Waals surface area contributed by atoms with Gasteiger partial charge in [-0.15, -0.1) is 0 Å². The lowest BCUT2D eigenvalue weighted by molar-refractivity contribution is -0.0249. The van der Waals surface area contributed by atoms with Crippen LogP contribution in [0, 0.1) is 13.8 Å². The lowest BCUT2D eigenvalue weighted by Gasteiger charge is -2.11. The van der Waals surface area contributed by atoms with Gasteiger partial charge in [0.1, 0.15) is 30.2 Å². The van der Waals surface area contributed by atoms with Crippen molar-refractivity contribution in [1.29, 1.82) is 0 Å². The Hall–Kier alpha value is -1.47. The number of H-pyrrole nitrogens is 1. The Morgan fingerprint density at radius 2 is 1.90 bits per heavy atom. The lowest BCUT2D eigenvalue weighted by Crippen LogP contribution is -2.32. The van der Waals surface area contributed by atoms with Gasteiger partial charge in [-0.25, -0.2) is 4.98 Å². The number of aromatic nitrogens is 2. The van der Waals surface area contributed by atoms with Gasteiger partial charge in [-0.2, -0.15) is 0 Å². The molecule has 1 aromatic heterocycles. The number of nitrogens with one attached hydrogen (secondary N) is 1. The van der Waals surface area contributed by atoms with Gasteiger partial charge in [0.05, 0.1) is 17.6 Å².